The van der Waals surface area contributed by atoms with Crippen LogP contribution in [-0.4, -0.2) is 51.9 Å². The Morgan fingerprint density at radius 1 is 1.38 bits per heavy atom. The third kappa shape index (κ3) is 5.64. The molecule has 2 atom stereocenters. The monoisotopic (exact) mass is 328 g/mol. The fraction of sp³-hybridized carbons (Fsp3) is 0.833. The van der Waals surface area contributed by atoms with Crippen molar-refractivity contribution in [1.82, 2.24) is 10.2 Å². The number of hydrogen-bond donors (Lipinski definition) is 2. The number of thioether (sulfide) groups is 1. The van der Waals surface area contributed by atoms with Gasteiger partial charge < -0.3 is 10.4 Å². The molecular formula is C12H19F3N2O3S. The van der Waals surface area contributed by atoms with Crippen molar-refractivity contribution >= 4 is 23.8 Å². The molecule has 0 bridgehead atoms. The van der Waals surface area contributed by atoms with Crippen LogP contribution in [-0.2, 0) is 4.79 Å². The third-order valence-corrected chi connectivity index (χ3v) is 4.58. The number of nitrogens with zero attached hydrogens (tertiary/aromatic N) is 1. The Hall–Kier alpha value is -1.12. The van der Waals surface area contributed by atoms with E-state index >= 15 is 0 Å². The summed E-state index contributed by atoms with van der Waals surface area (Å²) in [5.74, 6) is -0.735. The van der Waals surface area contributed by atoms with Gasteiger partial charge in [-0.1, -0.05) is 6.92 Å². The third-order valence-electron chi connectivity index (χ3n) is 3.12. The molecule has 1 saturated heterocycles. The standard InChI is InChI=1S/C12H19F3N2O3S/c1-2-9-17(8(7-21-9)10(18)19)11(20)16-6-4-3-5-12(13,14)15/h8-9H,2-7H2,1H3,(H,16,20)(H,18,19). The Balaban J connectivity index is 2.40. The number of unbranched alkanes of at least 4 members (excludes halogenated alkanes) is 1. The van der Waals surface area contributed by atoms with E-state index in [0.717, 1.165) is 0 Å². The molecule has 1 aliphatic rings. The van der Waals surface area contributed by atoms with Gasteiger partial charge in [0, 0.05) is 18.7 Å². The predicted molar refractivity (Wildman–Crippen MR) is 73.1 cm³/mol. The van der Waals surface area contributed by atoms with Crippen molar-refractivity contribution in [2.75, 3.05) is 12.3 Å². The molecule has 2 amide bonds. The van der Waals surface area contributed by atoms with Crippen LogP contribution in [0.4, 0.5) is 18.0 Å². The summed E-state index contributed by atoms with van der Waals surface area (Å²) < 4.78 is 35.9. The first-order valence-electron chi connectivity index (χ1n) is 6.73. The van der Waals surface area contributed by atoms with Gasteiger partial charge in [0.1, 0.15) is 6.04 Å². The molecule has 21 heavy (non-hydrogen) atoms. The normalized spacial score (nSPS) is 22.4. The number of carboxylic acid groups (broad SMARTS) is 1. The topological polar surface area (TPSA) is 69.6 Å². The van der Waals surface area contributed by atoms with E-state index < -0.39 is 30.6 Å². The molecule has 1 heterocycles. The highest BCUT2D eigenvalue weighted by Crippen LogP contribution is 2.31. The first kappa shape index (κ1) is 17.9. The first-order chi connectivity index (χ1) is 9.76. The number of amides is 2. The molecule has 5 nitrogen and oxygen atoms in total. The van der Waals surface area contributed by atoms with Gasteiger partial charge in [0.05, 0.1) is 5.37 Å². The van der Waals surface area contributed by atoms with E-state index in [9.17, 15) is 22.8 Å². The summed E-state index contributed by atoms with van der Waals surface area (Å²) in [6.07, 6.45) is -4.29. The number of carbonyl (C=O) groups is 2. The number of rotatable bonds is 6. The summed E-state index contributed by atoms with van der Waals surface area (Å²) in [6.45, 7) is 1.96. The molecule has 0 aliphatic carbocycles. The average molecular weight is 328 g/mol. The molecule has 0 saturated carbocycles. The molecule has 1 rings (SSSR count). The maximum atomic E-state index is 12.0. The summed E-state index contributed by atoms with van der Waals surface area (Å²) in [5.41, 5.74) is 0. The van der Waals surface area contributed by atoms with E-state index in [1.807, 2.05) is 6.92 Å². The van der Waals surface area contributed by atoms with Crippen LogP contribution in [0.1, 0.15) is 32.6 Å². The van der Waals surface area contributed by atoms with Crippen molar-refractivity contribution in [3.05, 3.63) is 0 Å². The summed E-state index contributed by atoms with van der Waals surface area (Å²) >= 11 is 1.40. The lowest BCUT2D eigenvalue weighted by Gasteiger charge is -2.26. The summed E-state index contributed by atoms with van der Waals surface area (Å²) in [5, 5.41) is 11.4. The minimum Gasteiger partial charge on any atom is -0.480 e. The van der Waals surface area contributed by atoms with Crippen molar-refractivity contribution < 1.29 is 27.9 Å². The zero-order chi connectivity index (χ0) is 16.0. The van der Waals surface area contributed by atoms with Crippen molar-refractivity contribution in [3.8, 4) is 0 Å². The second-order valence-corrected chi connectivity index (χ2v) is 5.97. The van der Waals surface area contributed by atoms with Gasteiger partial charge in [-0.2, -0.15) is 13.2 Å². The van der Waals surface area contributed by atoms with Crippen LogP contribution in [0.15, 0.2) is 0 Å². The van der Waals surface area contributed by atoms with Crippen molar-refractivity contribution in [2.45, 2.75) is 50.2 Å². The number of nitrogens with one attached hydrogen (secondary N) is 1. The Bertz CT molecular complexity index is 379. The van der Waals surface area contributed by atoms with E-state index in [-0.39, 0.29) is 24.8 Å². The number of carboxylic acids is 1. The molecular weight excluding hydrogens is 309 g/mol. The second kappa shape index (κ2) is 7.77. The van der Waals surface area contributed by atoms with Crippen LogP contribution >= 0.6 is 11.8 Å². The molecule has 0 spiro atoms. The molecule has 2 unspecified atom stereocenters. The molecule has 0 aromatic heterocycles. The maximum Gasteiger partial charge on any atom is 0.389 e. The van der Waals surface area contributed by atoms with Gasteiger partial charge in [0.2, 0.25) is 0 Å². The van der Waals surface area contributed by atoms with Crippen molar-refractivity contribution in [2.24, 2.45) is 0 Å². The zero-order valence-electron chi connectivity index (χ0n) is 11.7. The quantitative estimate of drug-likeness (QED) is 0.736. The minimum absolute atomic E-state index is 0.0574. The SMILES string of the molecule is CCC1SCC(C(=O)O)N1C(=O)NCCCCC(F)(F)F. The van der Waals surface area contributed by atoms with Crippen LogP contribution in [0.5, 0.6) is 0 Å². The molecule has 0 radical (unpaired) electrons. The van der Waals surface area contributed by atoms with Gasteiger partial charge >= 0.3 is 18.2 Å². The number of hydrogen-bond acceptors (Lipinski definition) is 3. The summed E-state index contributed by atoms with van der Waals surface area (Å²) in [6, 6.07) is -1.40. The molecule has 122 valence electrons. The lowest BCUT2D eigenvalue weighted by atomic mass is 10.2. The smallest absolute Gasteiger partial charge is 0.389 e. The highest BCUT2D eigenvalue weighted by molar-refractivity contribution is 8.00. The van der Waals surface area contributed by atoms with Crippen LogP contribution < -0.4 is 5.32 Å². The highest BCUT2D eigenvalue weighted by atomic mass is 32.2. The molecule has 1 aliphatic heterocycles. The Morgan fingerprint density at radius 2 is 2.05 bits per heavy atom. The molecule has 2 N–H and O–H groups in total. The minimum atomic E-state index is -4.18. The lowest BCUT2D eigenvalue weighted by molar-refractivity contribution is -0.141. The number of alkyl halides is 3. The zero-order valence-corrected chi connectivity index (χ0v) is 12.5. The van der Waals surface area contributed by atoms with E-state index in [2.05, 4.69) is 5.32 Å². The molecule has 1 fully saturated rings. The predicted octanol–water partition coefficient (Wildman–Crippen LogP) is 2.67. The van der Waals surface area contributed by atoms with Crippen LogP contribution in [0.2, 0.25) is 0 Å². The summed E-state index contributed by atoms with van der Waals surface area (Å²) in [7, 11) is 0. The fourth-order valence-corrected chi connectivity index (χ4v) is 3.42. The van der Waals surface area contributed by atoms with Gasteiger partial charge in [0.15, 0.2) is 0 Å². The summed E-state index contributed by atoms with van der Waals surface area (Å²) in [4.78, 5) is 24.4. The highest BCUT2D eigenvalue weighted by Gasteiger charge is 2.40. The number of halogens is 3. The van der Waals surface area contributed by atoms with Gasteiger partial charge in [-0.05, 0) is 19.3 Å². The Morgan fingerprint density at radius 3 is 2.57 bits per heavy atom. The van der Waals surface area contributed by atoms with E-state index in [0.29, 0.717) is 12.2 Å². The van der Waals surface area contributed by atoms with Gasteiger partial charge in [-0.25, -0.2) is 9.59 Å². The van der Waals surface area contributed by atoms with Crippen LogP contribution in [0.3, 0.4) is 0 Å². The first-order valence-corrected chi connectivity index (χ1v) is 7.78. The van der Waals surface area contributed by atoms with Crippen LogP contribution in [0.25, 0.3) is 0 Å². The number of aliphatic carboxylic acids is 1. The van der Waals surface area contributed by atoms with Gasteiger partial charge in [0.25, 0.3) is 0 Å². The maximum absolute atomic E-state index is 12.0. The van der Waals surface area contributed by atoms with E-state index in [4.69, 9.17) is 5.11 Å². The van der Waals surface area contributed by atoms with Crippen molar-refractivity contribution in [3.63, 3.8) is 0 Å². The second-order valence-electron chi connectivity index (χ2n) is 4.76. The van der Waals surface area contributed by atoms with Crippen molar-refractivity contribution in [1.29, 1.82) is 0 Å². The molecule has 0 aromatic rings. The lowest BCUT2D eigenvalue weighted by Crippen LogP contribution is -2.50. The van der Waals surface area contributed by atoms with E-state index in [1.165, 1.54) is 16.7 Å². The van der Waals surface area contributed by atoms with Crippen LogP contribution in [0, 0.1) is 0 Å². The Kier molecular flexibility index (Phi) is 6.63. The number of carbonyl (C=O) groups excluding carboxylic acids is 1. The largest absolute Gasteiger partial charge is 0.480 e. The average Bonchev–Trinajstić information content (AvgIpc) is 2.80. The number of urea groups is 1. The fourth-order valence-electron chi connectivity index (χ4n) is 2.08. The van der Waals surface area contributed by atoms with E-state index in [1.54, 1.807) is 0 Å². The Labute approximate surface area is 125 Å². The molecule has 9 heteroatoms. The van der Waals surface area contributed by atoms with Gasteiger partial charge in [-0.15, -0.1) is 11.8 Å². The molecule has 0 aromatic carbocycles. The van der Waals surface area contributed by atoms with Gasteiger partial charge in [-0.3, -0.25) is 4.90 Å².